The van der Waals surface area contributed by atoms with Crippen LogP contribution < -0.4 is 0 Å². The van der Waals surface area contributed by atoms with Crippen LogP contribution in [-0.2, 0) is 10.0 Å². The molecule has 4 heterocycles. The summed E-state index contributed by atoms with van der Waals surface area (Å²) >= 11 is 0. The maximum Gasteiger partial charge on any atom is 0.211 e. The van der Waals surface area contributed by atoms with Crippen LogP contribution in [-0.4, -0.2) is 47.0 Å². The van der Waals surface area contributed by atoms with Gasteiger partial charge in [-0.2, -0.15) is 0 Å². The van der Waals surface area contributed by atoms with Crippen molar-refractivity contribution in [2.75, 3.05) is 19.3 Å². The zero-order chi connectivity index (χ0) is 16.0. The molecule has 1 aliphatic heterocycles. The molecule has 3 aromatic rings. The third-order valence-corrected chi connectivity index (χ3v) is 5.89. The van der Waals surface area contributed by atoms with Crippen molar-refractivity contribution in [3.63, 3.8) is 0 Å². The fourth-order valence-electron chi connectivity index (χ4n) is 3.52. The van der Waals surface area contributed by atoms with E-state index in [2.05, 4.69) is 21.0 Å². The van der Waals surface area contributed by atoms with Crippen LogP contribution in [0.15, 0.2) is 30.7 Å². The van der Waals surface area contributed by atoms with E-state index in [0.717, 1.165) is 34.8 Å². The van der Waals surface area contributed by atoms with Gasteiger partial charge in [-0.3, -0.25) is 0 Å². The molecule has 0 aliphatic carbocycles. The molecule has 1 saturated heterocycles. The minimum atomic E-state index is -3.15. The van der Waals surface area contributed by atoms with E-state index in [0.29, 0.717) is 13.1 Å². The highest BCUT2D eigenvalue weighted by molar-refractivity contribution is 7.88. The number of fused-ring (bicyclic) bond motifs is 3. The van der Waals surface area contributed by atoms with Crippen molar-refractivity contribution in [1.82, 2.24) is 19.3 Å². The SMILES string of the molecule is CS(=O)(=O)N1CCC[C@H](c2cc[nH]c3cnc4nccc4c23)C1. The molecule has 7 heteroatoms. The summed E-state index contributed by atoms with van der Waals surface area (Å²) < 4.78 is 25.4. The number of hydrogen-bond acceptors (Lipinski definition) is 4. The summed E-state index contributed by atoms with van der Waals surface area (Å²) in [5.74, 6) is 0.191. The molecule has 3 aromatic heterocycles. The third kappa shape index (κ3) is 2.49. The lowest BCUT2D eigenvalue weighted by Gasteiger charge is -2.31. The second-order valence-electron chi connectivity index (χ2n) is 6.12. The van der Waals surface area contributed by atoms with Gasteiger partial charge in [0.2, 0.25) is 10.0 Å². The number of H-pyrrole nitrogens is 1. The molecule has 0 bridgehead atoms. The number of aromatic amines is 1. The maximum atomic E-state index is 11.9. The summed E-state index contributed by atoms with van der Waals surface area (Å²) in [5, 5.41) is 2.13. The molecule has 0 spiro atoms. The molecule has 1 atom stereocenters. The monoisotopic (exact) mass is 330 g/mol. The third-order valence-electron chi connectivity index (χ3n) is 4.62. The van der Waals surface area contributed by atoms with Gasteiger partial charge in [0, 0.05) is 36.3 Å². The Bertz CT molecular complexity index is 980. The predicted molar refractivity (Wildman–Crippen MR) is 89.8 cm³/mol. The Hall–Kier alpha value is -1.99. The highest BCUT2D eigenvalue weighted by Gasteiger charge is 2.28. The van der Waals surface area contributed by atoms with Crippen molar-refractivity contribution in [3.8, 4) is 0 Å². The van der Waals surface area contributed by atoms with Crippen LogP contribution in [0.4, 0.5) is 0 Å². The Morgan fingerprint density at radius 3 is 3.00 bits per heavy atom. The van der Waals surface area contributed by atoms with Gasteiger partial charge in [-0.1, -0.05) is 0 Å². The van der Waals surface area contributed by atoms with Gasteiger partial charge in [0.1, 0.15) is 0 Å². The van der Waals surface area contributed by atoms with Crippen molar-refractivity contribution in [2.45, 2.75) is 18.8 Å². The fourth-order valence-corrected chi connectivity index (χ4v) is 4.43. The largest absolute Gasteiger partial charge is 0.360 e. The second kappa shape index (κ2) is 5.28. The summed E-state index contributed by atoms with van der Waals surface area (Å²) in [5.41, 5.74) is 2.86. The summed E-state index contributed by atoms with van der Waals surface area (Å²) in [7, 11) is -3.15. The Kier molecular flexibility index (Phi) is 3.35. The molecule has 0 saturated carbocycles. The minimum Gasteiger partial charge on any atom is -0.360 e. The quantitative estimate of drug-likeness (QED) is 0.781. The number of hydrogen-bond donors (Lipinski definition) is 1. The molecular weight excluding hydrogens is 312 g/mol. The van der Waals surface area contributed by atoms with E-state index in [9.17, 15) is 8.42 Å². The standard InChI is InChI=1S/C16H18N4O2S/c1-23(21,22)20-8-2-3-11(10-20)12-4-6-17-14-9-19-16-13(15(12)14)5-7-18-16/h4-7,9,11,17H,2-3,8,10H2,1H3/t11-/m0/s1. The van der Waals surface area contributed by atoms with Gasteiger partial charge in [-0.15, -0.1) is 0 Å². The van der Waals surface area contributed by atoms with E-state index >= 15 is 0 Å². The predicted octanol–water partition coefficient (Wildman–Crippen LogP) is 2.25. The van der Waals surface area contributed by atoms with E-state index < -0.39 is 10.0 Å². The Morgan fingerprint density at radius 1 is 1.30 bits per heavy atom. The lowest BCUT2D eigenvalue weighted by molar-refractivity contribution is 0.318. The summed E-state index contributed by atoms with van der Waals surface area (Å²) in [4.78, 5) is 11.9. The highest BCUT2D eigenvalue weighted by Crippen LogP contribution is 2.34. The molecule has 0 unspecified atom stereocenters. The fraction of sp³-hybridized carbons (Fsp3) is 0.375. The molecule has 0 aromatic carbocycles. The van der Waals surface area contributed by atoms with Crippen LogP contribution in [0.5, 0.6) is 0 Å². The van der Waals surface area contributed by atoms with Crippen LogP contribution in [0.3, 0.4) is 0 Å². The number of aromatic nitrogens is 3. The molecule has 0 amide bonds. The number of nitrogens with one attached hydrogen (secondary N) is 1. The zero-order valence-electron chi connectivity index (χ0n) is 12.9. The molecule has 4 rings (SSSR count). The van der Waals surface area contributed by atoms with Crippen LogP contribution in [0.1, 0.15) is 24.3 Å². The van der Waals surface area contributed by atoms with Gasteiger partial charge < -0.3 is 4.98 Å². The Balaban J connectivity index is 1.86. The number of piperidine rings is 1. The van der Waals surface area contributed by atoms with Crippen molar-refractivity contribution in [3.05, 3.63) is 36.3 Å². The Labute approximate surface area is 134 Å². The number of pyridine rings is 2. The Morgan fingerprint density at radius 2 is 2.17 bits per heavy atom. The molecule has 1 N–H and O–H groups in total. The summed E-state index contributed by atoms with van der Waals surface area (Å²) in [6.07, 6.45) is 8.62. The number of sulfonamides is 1. The van der Waals surface area contributed by atoms with Gasteiger partial charge >= 0.3 is 0 Å². The van der Waals surface area contributed by atoms with Crippen molar-refractivity contribution in [2.24, 2.45) is 0 Å². The van der Waals surface area contributed by atoms with Gasteiger partial charge in [-0.25, -0.2) is 22.7 Å². The minimum absolute atomic E-state index is 0.191. The smallest absolute Gasteiger partial charge is 0.211 e. The molecule has 23 heavy (non-hydrogen) atoms. The molecule has 0 radical (unpaired) electrons. The molecule has 6 nitrogen and oxygen atoms in total. The van der Waals surface area contributed by atoms with Crippen LogP contribution in [0.25, 0.3) is 21.9 Å². The van der Waals surface area contributed by atoms with E-state index in [1.54, 1.807) is 16.7 Å². The van der Waals surface area contributed by atoms with Gasteiger partial charge in [0.15, 0.2) is 5.65 Å². The molecule has 1 fully saturated rings. The van der Waals surface area contributed by atoms with Crippen LogP contribution in [0, 0.1) is 0 Å². The van der Waals surface area contributed by atoms with Gasteiger partial charge in [0.05, 0.1) is 18.0 Å². The summed E-state index contributed by atoms with van der Waals surface area (Å²) in [6.45, 7) is 1.15. The number of nitrogens with zero attached hydrogens (tertiary/aromatic N) is 3. The number of rotatable bonds is 2. The second-order valence-corrected chi connectivity index (χ2v) is 8.10. The lowest BCUT2D eigenvalue weighted by Crippen LogP contribution is -2.38. The normalized spacial score (nSPS) is 20.3. The first-order valence-corrected chi connectivity index (χ1v) is 9.55. The average Bonchev–Trinajstić information content (AvgIpc) is 3.02. The van der Waals surface area contributed by atoms with Crippen molar-refractivity contribution >= 4 is 32.0 Å². The first kappa shape index (κ1) is 14.6. The van der Waals surface area contributed by atoms with Crippen LogP contribution >= 0.6 is 0 Å². The molecule has 120 valence electrons. The maximum absolute atomic E-state index is 11.9. The van der Waals surface area contributed by atoms with Gasteiger partial charge in [-0.05, 0) is 36.5 Å². The zero-order valence-corrected chi connectivity index (χ0v) is 13.7. The highest BCUT2D eigenvalue weighted by atomic mass is 32.2. The van der Waals surface area contributed by atoms with E-state index in [1.165, 1.54) is 11.8 Å². The molecular formula is C16H18N4O2S. The average molecular weight is 330 g/mol. The van der Waals surface area contributed by atoms with E-state index in [4.69, 9.17) is 0 Å². The van der Waals surface area contributed by atoms with Gasteiger partial charge in [0.25, 0.3) is 0 Å². The first-order valence-electron chi connectivity index (χ1n) is 7.70. The summed E-state index contributed by atoms with van der Waals surface area (Å²) in [6, 6.07) is 4.03. The first-order chi connectivity index (χ1) is 11.0. The lowest BCUT2D eigenvalue weighted by atomic mass is 9.89. The molecule has 1 aliphatic rings. The van der Waals surface area contributed by atoms with Crippen molar-refractivity contribution < 1.29 is 8.42 Å². The van der Waals surface area contributed by atoms with Crippen molar-refractivity contribution in [1.29, 1.82) is 0 Å². The van der Waals surface area contributed by atoms with E-state index in [-0.39, 0.29) is 5.92 Å². The van der Waals surface area contributed by atoms with Crippen LogP contribution in [0.2, 0.25) is 0 Å². The van der Waals surface area contributed by atoms with E-state index in [1.807, 2.05) is 12.3 Å². The topological polar surface area (TPSA) is 79.0 Å².